The van der Waals surface area contributed by atoms with Crippen LogP contribution in [-0.2, 0) is 4.74 Å². The molecule has 152 valence electrons. The van der Waals surface area contributed by atoms with Crippen molar-refractivity contribution >= 4 is 17.2 Å². The zero-order valence-electron chi connectivity index (χ0n) is 16.2. The van der Waals surface area contributed by atoms with E-state index < -0.39 is 0 Å². The van der Waals surface area contributed by atoms with E-state index in [4.69, 9.17) is 14.0 Å². The number of hydrogen-bond acceptors (Lipinski definition) is 7. The SMILES string of the molecule is COc1ccc(C(CNC(=O)c2cc(-c3cccs3)on2)N2CCOCC2)cc1. The van der Waals surface area contributed by atoms with Gasteiger partial charge in [0.2, 0.25) is 0 Å². The molecular formula is C21H23N3O4S. The van der Waals surface area contributed by atoms with Gasteiger partial charge in [0.1, 0.15) is 5.75 Å². The van der Waals surface area contributed by atoms with Crippen molar-refractivity contribution in [2.45, 2.75) is 6.04 Å². The summed E-state index contributed by atoms with van der Waals surface area (Å²) in [5.41, 5.74) is 1.40. The fourth-order valence-electron chi connectivity index (χ4n) is 3.37. The van der Waals surface area contributed by atoms with Crippen LogP contribution in [0.25, 0.3) is 10.6 Å². The first-order valence-corrected chi connectivity index (χ1v) is 10.4. The van der Waals surface area contributed by atoms with E-state index in [0.29, 0.717) is 25.5 Å². The van der Waals surface area contributed by atoms with Crippen LogP contribution in [0, 0.1) is 0 Å². The normalized spacial score (nSPS) is 15.8. The van der Waals surface area contributed by atoms with Crippen molar-refractivity contribution in [3.05, 3.63) is 59.1 Å². The van der Waals surface area contributed by atoms with E-state index in [1.54, 1.807) is 24.5 Å². The number of nitrogens with zero attached hydrogens (tertiary/aromatic N) is 2. The minimum Gasteiger partial charge on any atom is -0.497 e. The summed E-state index contributed by atoms with van der Waals surface area (Å²) in [4.78, 5) is 15.9. The molecule has 0 bridgehead atoms. The minimum absolute atomic E-state index is 0.0393. The Morgan fingerprint density at radius 1 is 1.28 bits per heavy atom. The Balaban J connectivity index is 1.46. The van der Waals surface area contributed by atoms with Gasteiger partial charge in [-0.05, 0) is 29.1 Å². The van der Waals surface area contributed by atoms with Gasteiger partial charge >= 0.3 is 0 Å². The van der Waals surface area contributed by atoms with Crippen LogP contribution >= 0.6 is 11.3 Å². The van der Waals surface area contributed by atoms with Crippen molar-refractivity contribution in [3.63, 3.8) is 0 Å². The van der Waals surface area contributed by atoms with E-state index in [2.05, 4.69) is 15.4 Å². The van der Waals surface area contributed by atoms with Gasteiger partial charge in [-0.25, -0.2) is 0 Å². The molecule has 0 radical (unpaired) electrons. The van der Waals surface area contributed by atoms with Crippen molar-refractivity contribution in [2.75, 3.05) is 40.0 Å². The molecule has 3 aromatic rings. The van der Waals surface area contributed by atoms with E-state index in [1.807, 2.05) is 41.8 Å². The van der Waals surface area contributed by atoms with Crippen LogP contribution in [0.4, 0.5) is 0 Å². The first kappa shape index (κ1) is 19.6. The van der Waals surface area contributed by atoms with Gasteiger partial charge in [0, 0.05) is 25.7 Å². The van der Waals surface area contributed by atoms with Gasteiger partial charge < -0.3 is 19.3 Å². The smallest absolute Gasteiger partial charge is 0.273 e. The highest BCUT2D eigenvalue weighted by Gasteiger charge is 2.24. The predicted octanol–water partition coefficient (Wildman–Crippen LogP) is 3.22. The average Bonchev–Trinajstić information content (AvgIpc) is 3.47. The molecule has 1 aromatic carbocycles. The Morgan fingerprint density at radius 2 is 2.07 bits per heavy atom. The molecule has 0 aliphatic carbocycles. The fourth-order valence-corrected chi connectivity index (χ4v) is 4.04. The molecule has 4 rings (SSSR count). The first-order chi connectivity index (χ1) is 14.2. The summed E-state index contributed by atoms with van der Waals surface area (Å²) in [5, 5.41) is 8.90. The molecule has 1 amide bonds. The number of methoxy groups -OCH3 is 1. The summed E-state index contributed by atoms with van der Waals surface area (Å²) < 4.78 is 16.1. The standard InChI is InChI=1S/C21H23N3O4S/c1-26-16-6-4-15(5-7-16)18(24-8-10-27-11-9-24)14-22-21(25)17-13-19(28-23-17)20-3-2-12-29-20/h2-7,12-13,18H,8-11,14H2,1H3,(H,22,25). The lowest BCUT2D eigenvalue weighted by Gasteiger charge is -2.34. The van der Waals surface area contributed by atoms with Crippen molar-refractivity contribution in [3.8, 4) is 16.4 Å². The summed E-state index contributed by atoms with van der Waals surface area (Å²) in [5.74, 6) is 1.16. The molecule has 0 spiro atoms. The maximum Gasteiger partial charge on any atom is 0.273 e. The molecule has 1 unspecified atom stereocenters. The number of carbonyl (C=O) groups is 1. The maximum atomic E-state index is 12.7. The number of nitrogens with one attached hydrogen (secondary N) is 1. The average molecular weight is 413 g/mol. The lowest BCUT2D eigenvalue weighted by molar-refractivity contribution is 0.0162. The number of amides is 1. The Kier molecular flexibility index (Phi) is 6.24. The Bertz CT molecular complexity index is 918. The minimum atomic E-state index is -0.247. The molecule has 29 heavy (non-hydrogen) atoms. The van der Waals surface area contributed by atoms with Crippen LogP contribution in [0.3, 0.4) is 0 Å². The van der Waals surface area contributed by atoms with E-state index in [0.717, 1.165) is 29.3 Å². The molecule has 0 saturated carbocycles. The van der Waals surface area contributed by atoms with Crippen molar-refractivity contribution < 1.29 is 18.8 Å². The monoisotopic (exact) mass is 413 g/mol. The lowest BCUT2D eigenvalue weighted by Crippen LogP contribution is -2.43. The predicted molar refractivity (Wildman–Crippen MR) is 110 cm³/mol. The van der Waals surface area contributed by atoms with Crippen LogP contribution in [0.15, 0.2) is 52.4 Å². The number of thiophene rings is 1. The fraction of sp³-hybridized carbons (Fsp3) is 0.333. The second kappa shape index (κ2) is 9.21. The number of hydrogen-bond donors (Lipinski definition) is 1. The van der Waals surface area contributed by atoms with Gasteiger partial charge in [0.15, 0.2) is 11.5 Å². The van der Waals surface area contributed by atoms with E-state index in [9.17, 15) is 4.79 Å². The summed E-state index contributed by atoms with van der Waals surface area (Å²) in [6.45, 7) is 3.48. The number of carbonyl (C=O) groups excluding carboxylic acids is 1. The number of aromatic nitrogens is 1. The van der Waals surface area contributed by atoms with E-state index in [-0.39, 0.29) is 17.6 Å². The van der Waals surface area contributed by atoms with Crippen LogP contribution in [0.2, 0.25) is 0 Å². The van der Waals surface area contributed by atoms with Crippen LogP contribution in [0.1, 0.15) is 22.1 Å². The van der Waals surface area contributed by atoms with Gasteiger partial charge in [0.05, 0.1) is 31.2 Å². The molecule has 8 heteroatoms. The third-order valence-corrected chi connectivity index (χ3v) is 5.83. The van der Waals surface area contributed by atoms with E-state index in [1.165, 1.54) is 0 Å². The summed E-state index contributed by atoms with van der Waals surface area (Å²) in [6.07, 6.45) is 0. The highest BCUT2D eigenvalue weighted by molar-refractivity contribution is 7.13. The number of rotatable bonds is 7. The number of ether oxygens (including phenoxy) is 2. The molecular weight excluding hydrogens is 390 g/mol. The molecule has 2 aromatic heterocycles. The van der Waals surface area contributed by atoms with Gasteiger partial charge in [-0.15, -0.1) is 11.3 Å². The summed E-state index contributed by atoms with van der Waals surface area (Å²) in [7, 11) is 1.65. The van der Waals surface area contributed by atoms with Crippen LogP contribution in [-0.4, -0.2) is 55.9 Å². The molecule has 3 heterocycles. The van der Waals surface area contributed by atoms with Crippen LogP contribution in [0.5, 0.6) is 5.75 Å². The Morgan fingerprint density at radius 3 is 2.76 bits per heavy atom. The maximum absolute atomic E-state index is 12.7. The van der Waals surface area contributed by atoms with Gasteiger partial charge in [-0.1, -0.05) is 23.4 Å². The molecule has 1 saturated heterocycles. The van der Waals surface area contributed by atoms with Gasteiger partial charge in [0.25, 0.3) is 5.91 Å². The number of morpholine rings is 1. The summed E-state index contributed by atoms with van der Waals surface area (Å²) >= 11 is 1.54. The topological polar surface area (TPSA) is 76.8 Å². The molecule has 1 aliphatic heterocycles. The van der Waals surface area contributed by atoms with Crippen LogP contribution < -0.4 is 10.1 Å². The molecule has 1 N–H and O–H groups in total. The van der Waals surface area contributed by atoms with Crippen molar-refractivity contribution in [1.29, 1.82) is 0 Å². The Hall–Kier alpha value is -2.68. The molecule has 7 nitrogen and oxygen atoms in total. The summed E-state index contributed by atoms with van der Waals surface area (Å²) in [6, 6.07) is 13.5. The van der Waals surface area contributed by atoms with Crippen molar-refractivity contribution in [2.24, 2.45) is 0 Å². The molecule has 1 fully saturated rings. The molecule has 1 aliphatic rings. The van der Waals surface area contributed by atoms with Gasteiger partial charge in [-0.2, -0.15) is 0 Å². The zero-order chi connectivity index (χ0) is 20.1. The largest absolute Gasteiger partial charge is 0.497 e. The third kappa shape index (κ3) is 4.67. The van der Waals surface area contributed by atoms with E-state index >= 15 is 0 Å². The number of benzene rings is 1. The zero-order valence-corrected chi connectivity index (χ0v) is 17.0. The van der Waals surface area contributed by atoms with Gasteiger partial charge in [-0.3, -0.25) is 9.69 Å². The highest BCUT2D eigenvalue weighted by atomic mass is 32.1. The second-order valence-electron chi connectivity index (χ2n) is 6.70. The first-order valence-electron chi connectivity index (χ1n) is 9.49. The van der Waals surface area contributed by atoms with Crippen molar-refractivity contribution in [1.82, 2.24) is 15.4 Å². The second-order valence-corrected chi connectivity index (χ2v) is 7.65. The Labute approximate surface area is 173 Å². The lowest BCUT2D eigenvalue weighted by atomic mass is 10.0. The quantitative estimate of drug-likeness (QED) is 0.641. The highest BCUT2D eigenvalue weighted by Crippen LogP contribution is 2.26. The molecule has 1 atom stereocenters. The third-order valence-electron chi connectivity index (χ3n) is 4.95.